The van der Waals surface area contributed by atoms with Gasteiger partial charge in [-0.25, -0.2) is 22.9 Å². The highest BCUT2D eigenvalue weighted by Crippen LogP contribution is 2.11. The molecule has 8 nitrogen and oxygen atoms in total. The van der Waals surface area contributed by atoms with Crippen LogP contribution in [0.4, 0.5) is 0 Å². The number of pyridine rings is 1. The van der Waals surface area contributed by atoms with Gasteiger partial charge in [0.25, 0.3) is 0 Å². The van der Waals surface area contributed by atoms with Crippen LogP contribution in [-0.2, 0) is 21.4 Å². The smallest absolute Gasteiger partial charge is 0.328 e. The van der Waals surface area contributed by atoms with E-state index in [1.54, 1.807) is 0 Å². The van der Waals surface area contributed by atoms with Crippen molar-refractivity contribution < 1.29 is 18.3 Å². The van der Waals surface area contributed by atoms with Crippen molar-refractivity contribution in [3.8, 4) is 0 Å². The number of H-pyrrole nitrogens is 1. The molecule has 3 N–H and O–H groups in total. The maximum Gasteiger partial charge on any atom is 0.328 e. The minimum Gasteiger partial charge on any atom is -0.478 e. The lowest BCUT2D eigenvalue weighted by Crippen LogP contribution is -2.23. The normalized spacial score (nSPS) is 11.8. The molecule has 2 aromatic rings. The zero-order valence-electron chi connectivity index (χ0n) is 10.7. The van der Waals surface area contributed by atoms with Crippen molar-refractivity contribution in [2.75, 3.05) is 0 Å². The Hall–Kier alpha value is -2.52. The van der Waals surface area contributed by atoms with Crippen LogP contribution in [0, 0.1) is 0 Å². The molecule has 2 rings (SSSR count). The molecule has 0 atom stereocenters. The van der Waals surface area contributed by atoms with Crippen molar-refractivity contribution >= 4 is 22.1 Å². The molecule has 0 saturated carbocycles. The number of nitrogens with zero attached hydrogens (tertiary/aromatic N) is 2. The predicted molar refractivity (Wildman–Crippen MR) is 73.5 cm³/mol. The van der Waals surface area contributed by atoms with E-state index in [1.165, 1.54) is 37.1 Å². The van der Waals surface area contributed by atoms with E-state index in [0.29, 0.717) is 11.3 Å². The number of sulfonamides is 1. The van der Waals surface area contributed by atoms with Crippen molar-refractivity contribution in [2.45, 2.75) is 11.4 Å². The Morgan fingerprint density at radius 1 is 1.33 bits per heavy atom. The Kier molecular flexibility index (Phi) is 4.45. The van der Waals surface area contributed by atoms with Crippen LogP contribution >= 0.6 is 0 Å². The maximum absolute atomic E-state index is 12.1. The largest absolute Gasteiger partial charge is 0.478 e. The van der Waals surface area contributed by atoms with Crippen LogP contribution in [0.25, 0.3) is 6.08 Å². The molecule has 0 amide bonds. The third kappa shape index (κ3) is 4.23. The average molecular weight is 308 g/mol. The van der Waals surface area contributed by atoms with Gasteiger partial charge in [-0.1, -0.05) is 0 Å². The minimum atomic E-state index is -3.74. The molecular weight excluding hydrogens is 296 g/mol. The fourth-order valence-corrected chi connectivity index (χ4v) is 2.48. The van der Waals surface area contributed by atoms with Gasteiger partial charge < -0.3 is 10.1 Å². The summed E-state index contributed by atoms with van der Waals surface area (Å²) in [4.78, 5) is 20.7. The van der Waals surface area contributed by atoms with Crippen LogP contribution in [0.3, 0.4) is 0 Å². The first-order valence-corrected chi connectivity index (χ1v) is 7.29. The van der Waals surface area contributed by atoms with Gasteiger partial charge in [-0.2, -0.15) is 0 Å². The van der Waals surface area contributed by atoms with Gasteiger partial charge >= 0.3 is 5.97 Å². The average Bonchev–Trinajstić information content (AvgIpc) is 2.97. The van der Waals surface area contributed by atoms with E-state index in [1.807, 2.05) is 0 Å². The van der Waals surface area contributed by atoms with E-state index in [4.69, 9.17) is 5.11 Å². The number of aromatic nitrogens is 3. The van der Waals surface area contributed by atoms with Gasteiger partial charge in [0.1, 0.15) is 4.90 Å². The number of rotatable bonds is 6. The Bertz CT molecular complexity index is 753. The summed E-state index contributed by atoms with van der Waals surface area (Å²) in [6.45, 7) is 0.0670. The Balaban J connectivity index is 2.16. The second-order valence-electron chi connectivity index (χ2n) is 4.03. The molecule has 0 radical (unpaired) electrons. The van der Waals surface area contributed by atoms with E-state index < -0.39 is 16.0 Å². The highest BCUT2D eigenvalue weighted by atomic mass is 32.2. The van der Waals surface area contributed by atoms with E-state index in [9.17, 15) is 13.2 Å². The summed E-state index contributed by atoms with van der Waals surface area (Å²) in [5.41, 5.74) is 0.996. The van der Waals surface area contributed by atoms with E-state index >= 15 is 0 Å². The summed E-state index contributed by atoms with van der Waals surface area (Å²) < 4.78 is 26.6. The number of hydrogen-bond acceptors (Lipinski definition) is 5. The lowest BCUT2D eigenvalue weighted by molar-refractivity contribution is -0.131. The molecule has 0 aliphatic carbocycles. The number of carboxylic acid groups (broad SMARTS) is 1. The highest BCUT2D eigenvalue weighted by Gasteiger charge is 2.14. The molecule has 0 fully saturated rings. The van der Waals surface area contributed by atoms with E-state index in [2.05, 4.69) is 19.7 Å². The second kappa shape index (κ2) is 6.29. The molecule has 2 aromatic heterocycles. The van der Waals surface area contributed by atoms with Gasteiger partial charge in [-0.3, -0.25) is 4.98 Å². The number of imidazole rings is 1. The van der Waals surface area contributed by atoms with Gasteiger partial charge in [0, 0.05) is 30.4 Å². The molecule has 21 heavy (non-hydrogen) atoms. The summed E-state index contributed by atoms with van der Waals surface area (Å²) in [6, 6.07) is 1.34. The molecule has 0 bridgehead atoms. The Morgan fingerprint density at radius 3 is 2.81 bits per heavy atom. The van der Waals surface area contributed by atoms with E-state index in [0.717, 1.165) is 6.08 Å². The van der Waals surface area contributed by atoms with Crippen molar-refractivity contribution in [3.63, 3.8) is 0 Å². The van der Waals surface area contributed by atoms with Crippen molar-refractivity contribution in [3.05, 3.63) is 48.3 Å². The molecule has 9 heteroatoms. The summed E-state index contributed by atoms with van der Waals surface area (Å²) in [6.07, 6.45) is 7.69. The molecule has 2 heterocycles. The minimum absolute atomic E-state index is 0.0467. The van der Waals surface area contributed by atoms with Gasteiger partial charge in [-0.05, 0) is 17.7 Å². The van der Waals surface area contributed by atoms with Crippen LogP contribution in [0.5, 0.6) is 0 Å². The lowest BCUT2D eigenvalue weighted by Gasteiger charge is -2.05. The van der Waals surface area contributed by atoms with Crippen LogP contribution in [-0.4, -0.2) is 34.4 Å². The van der Waals surface area contributed by atoms with Crippen LogP contribution in [0.2, 0.25) is 0 Å². The van der Waals surface area contributed by atoms with Crippen LogP contribution < -0.4 is 4.72 Å². The summed E-state index contributed by atoms with van der Waals surface area (Å²) in [7, 11) is -3.74. The van der Waals surface area contributed by atoms with Crippen molar-refractivity contribution in [1.29, 1.82) is 0 Å². The highest BCUT2D eigenvalue weighted by molar-refractivity contribution is 7.89. The number of carbonyl (C=O) groups is 1. The molecule has 0 aliphatic heterocycles. The SMILES string of the molecule is O=C(O)C=Cc1cncc(S(=O)(=O)NCc2cnc[nH]2)c1. The zero-order valence-corrected chi connectivity index (χ0v) is 11.5. The van der Waals surface area contributed by atoms with Crippen LogP contribution in [0.1, 0.15) is 11.3 Å². The number of hydrogen-bond donors (Lipinski definition) is 3. The predicted octanol–water partition coefficient (Wildman–Crippen LogP) is 0.381. The second-order valence-corrected chi connectivity index (χ2v) is 5.79. The monoisotopic (exact) mass is 308 g/mol. The molecule has 0 unspecified atom stereocenters. The van der Waals surface area contributed by atoms with Crippen molar-refractivity contribution in [2.24, 2.45) is 0 Å². The lowest BCUT2D eigenvalue weighted by atomic mass is 10.2. The summed E-state index contributed by atoms with van der Waals surface area (Å²) in [5.74, 6) is -1.12. The van der Waals surface area contributed by atoms with Crippen LogP contribution in [0.15, 0.2) is 42.0 Å². The quantitative estimate of drug-likeness (QED) is 0.662. The molecule has 0 aromatic carbocycles. The molecule has 110 valence electrons. The van der Waals surface area contributed by atoms with Gasteiger partial charge in [0.05, 0.1) is 12.9 Å². The summed E-state index contributed by atoms with van der Waals surface area (Å²) in [5, 5.41) is 8.55. The molecule has 0 spiro atoms. The van der Waals surface area contributed by atoms with E-state index in [-0.39, 0.29) is 11.4 Å². The number of nitrogens with one attached hydrogen (secondary N) is 2. The van der Waals surface area contributed by atoms with Gasteiger partial charge in [0.15, 0.2) is 0 Å². The topological polar surface area (TPSA) is 125 Å². The van der Waals surface area contributed by atoms with Crippen molar-refractivity contribution in [1.82, 2.24) is 19.7 Å². The number of carboxylic acids is 1. The molecule has 0 saturated heterocycles. The molecule has 0 aliphatic rings. The molecular formula is C12H12N4O4S. The summed E-state index contributed by atoms with van der Waals surface area (Å²) >= 11 is 0. The fourth-order valence-electron chi connectivity index (χ4n) is 1.48. The first-order chi connectivity index (χ1) is 9.97. The number of aliphatic carboxylic acids is 1. The Morgan fingerprint density at radius 2 is 2.14 bits per heavy atom. The third-order valence-electron chi connectivity index (χ3n) is 2.47. The standard InChI is InChI=1S/C12H12N4O4S/c17-12(18)2-1-9-3-11(7-13-4-9)21(19,20)16-6-10-5-14-8-15-10/h1-5,7-8,16H,6H2,(H,14,15)(H,17,18). The first kappa shape index (κ1) is 14.9. The van der Waals surface area contributed by atoms with Gasteiger partial charge in [-0.15, -0.1) is 0 Å². The first-order valence-electron chi connectivity index (χ1n) is 5.80. The number of aromatic amines is 1. The maximum atomic E-state index is 12.1. The Labute approximate surface area is 120 Å². The van der Waals surface area contributed by atoms with Gasteiger partial charge in [0.2, 0.25) is 10.0 Å². The zero-order chi connectivity index (χ0) is 15.3. The third-order valence-corrected chi connectivity index (χ3v) is 3.84. The fraction of sp³-hybridized carbons (Fsp3) is 0.0833.